The Kier molecular flexibility index (Phi) is 5.53. The number of amides is 2. The molecule has 134 valence electrons. The monoisotopic (exact) mass is 344 g/mol. The van der Waals surface area contributed by atoms with E-state index < -0.39 is 0 Å². The van der Waals surface area contributed by atoms with E-state index in [2.05, 4.69) is 15.7 Å². The van der Waals surface area contributed by atoms with E-state index in [1.165, 1.54) is 11.1 Å². The van der Waals surface area contributed by atoms with E-state index in [1.54, 1.807) is 19.4 Å². The summed E-state index contributed by atoms with van der Waals surface area (Å²) in [5.41, 5.74) is 0.292. The smallest absolute Gasteiger partial charge is 0.271 e. The summed E-state index contributed by atoms with van der Waals surface area (Å²) < 4.78 is 6.76. The van der Waals surface area contributed by atoms with Crippen LogP contribution in [0.5, 0.6) is 0 Å². The van der Waals surface area contributed by atoms with Crippen molar-refractivity contribution in [1.82, 2.24) is 15.1 Å². The van der Waals surface area contributed by atoms with Crippen LogP contribution in [0.15, 0.2) is 28.9 Å². The SMILES string of the molecule is Cn1nc(C(=O)NCCc2ccco2)cc1NC(=O)C1CCCCC1. The lowest BCUT2D eigenvalue weighted by Crippen LogP contribution is -2.26. The van der Waals surface area contributed by atoms with Crippen molar-refractivity contribution in [3.8, 4) is 0 Å². The molecule has 0 aliphatic heterocycles. The minimum absolute atomic E-state index is 0.0208. The topological polar surface area (TPSA) is 89.2 Å². The Hall–Kier alpha value is -2.57. The number of hydrogen-bond acceptors (Lipinski definition) is 4. The number of anilines is 1. The Morgan fingerprint density at radius 3 is 2.84 bits per heavy atom. The number of rotatable bonds is 6. The second kappa shape index (κ2) is 8.00. The van der Waals surface area contributed by atoms with E-state index in [4.69, 9.17) is 4.42 Å². The largest absolute Gasteiger partial charge is 0.469 e. The number of hydrogen-bond donors (Lipinski definition) is 2. The zero-order valence-electron chi connectivity index (χ0n) is 14.5. The van der Waals surface area contributed by atoms with Gasteiger partial charge < -0.3 is 15.1 Å². The van der Waals surface area contributed by atoms with Gasteiger partial charge in [-0.05, 0) is 25.0 Å². The van der Waals surface area contributed by atoms with Crippen LogP contribution in [0.25, 0.3) is 0 Å². The molecule has 0 saturated heterocycles. The minimum Gasteiger partial charge on any atom is -0.469 e. The summed E-state index contributed by atoms with van der Waals surface area (Å²) in [6.45, 7) is 0.465. The Bertz CT molecular complexity index is 715. The first-order valence-electron chi connectivity index (χ1n) is 8.79. The molecule has 25 heavy (non-hydrogen) atoms. The number of carbonyl (C=O) groups excluding carboxylic acids is 2. The van der Waals surface area contributed by atoms with Crippen molar-refractivity contribution in [2.24, 2.45) is 13.0 Å². The Balaban J connectivity index is 1.53. The Labute approximate surface area is 146 Å². The number of nitrogens with zero attached hydrogens (tertiary/aromatic N) is 2. The first-order chi connectivity index (χ1) is 12.1. The summed E-state index contributed by atoms with van der Waals surface area (Å²) in [4.78, 5) is 24.5. The first-order valence-corrected chi connectivity index (χ1v) is 8.79. The second-order valence-corrected chi connectivity index (χ2v) is 6.45. The van der Waals surface area contributed by atoms with Crippen LogP contribution in [0.1, 0.15) is 48.4 Å². The molecule has 7 nitrogen and oxygen atoms in total. The summed E-state index contributed by atoms with van der Waals surface area (Å²) >= 11 is 0. The fourth-order valence-electron chi connectivity index (χ4n) is 3.13. The fourth-order valence-corrected chi connectivity index (χ4v) is 3.13. The molecule has 0 unspecified atom stereocenters. The van der Waals surface area contributed by atoms with E-state index in [0.717, 1.165) is 31.4 Å². The first kappa shape index (κ1) is 17.3. The van der Waals surface area contributed by atoms with Crippen molar-refractivity contribution < 1.29 is 14.0 Å². The molecule has 1 aliphatic rings. The summed E-state index contributed by atoms with van der Waals surface area (Å²) in [5, 5.41) is 9.90. The maximum absolute atomic E-state index is 12.3. The zero-order chi connectivity index (χ0) is 17.6. The molecule has 0 atom stereocenters. The van der Waals surface area contributed by atoms with Crippen molar-refractivity contribution in [3.05, 3.63) is 35.9 Å². The summed E-state index contributed by atoms with van der Waals surface area (Å²) in [5.74, 6) is 1.19. The van der Waals surface area contributed by atoms with Gasteiger partial charge in [-0.3, -0.25) is 14.3 Å². The Morgan fingerprint density at radius 1 is 1.32 bits per heavy atom. The van der Waals surface area contributed by atoms with Crippen molar-refractivity contribution in [2.45, 2.75) is 38.5 Å². The van der Waals surface area contributed by atoms with Crippen LogP contribution in [0.2, 0.25) is 0 Å². The van der Waals surface area contributed by atoms with Gasteiger partial charge in [0.2, 0.25) is 5.91 Å². The Morgan fingerprint density at radius 2 is 2.12 bits per heavy atom. The zero-order valence-corrected chi connectivity index (χ0v) is 14.5. The molecule has 1 fully saturated rings. The van der Waals surface area contributed by atoms with Gasteiger partial charge in [-0.1, -0.05) is 19.3 Å². The van der Waals surface area contributed by atoms with Crippen LogP contribution in [-0.4, -0.2) is 28.1 Å². The van der Waals surface area contributed by atoms with Crippen LogP contribution in [0.4, 0.5) is 5.82 Å². The predicted octanol–water partition coefficient (Wildman–Crippen LogP) is 2.50. The standard InChI is InChI=1S/C18H24N4O3/c1-22-16(20-17(23)13-6-3-2-4-7-13)12-15(21-22)18(24)19-10-9-14-8-5-11-25-14/h5,8,11-13H,2-4,6-7,9-10H2,1H3,(H,19,24)(H,20,23). The van der Waals surface area contributed by atoms with E-state index >= 15 is 0 Å². The van der Waals surface area contributed by atoms with Gasteiger partial charge >= 0.3 is 0 Å². The van der Waals surface area contributed by atoms with Crippen molar-refractivity contribution in [3.63, 3.8) is 0 Å². The number of aromatic nitrogens is 2. The summed E-state index contributed by atoms with van der Waals surface area (Å²) in [6.07, 6.45) is 7.51. The second-order valence-electron chi connectivity index (χ2n) is 6.45. The lowest BCUT2D eigenvalue weighted by Gasteiger charge is -2.20. The third kappa shape index (κ3) is 4.49. The van der Waals surface area contributed by atoms with Gasteiger partial charge in [-0.2, -0.15) is 5.10 Å². The van der Waals surface area contributed by atoms with Gasteiger partial charge in [-0.25, -0.2) is 0 Å². The van der Waals surface area contributed by atoms with Crippen molar-refractivity contribution in [2.75, 3.05) is 11.9 Å². The highest BCUT2D eigenvalue weighted by atomic mass is 16.3. The molecule has 0 radical (unpaired) electrons. The average molecular weight is 344 g/mol. The third-order valence-electron chi connectivity index (χ3n) is 4.58. The van der Waals surface area contributed by atoms with Crippen LogP contribution >= 0.6 is 0 Å². The normalized spacial score (nSPS) is 15.1. The number of carbonyl (C=O) groups is 2. The maximum Gasteiger partial charge on any atom is 0.271 e. The molecule has 2 heterocycles. The quantitative estimate of drug-likeness (QED) is 0.842. The molecule has 2 N–H and O–H groups in total. The third-order valence-corrected chi connectivity index (χ3v) is 4.58. The van der Waals surface area contributed by atoms with Gasteiger partial charge in [0.05, 0.1) is 6.26 Å². The van der Waals surface area contributed by atoms with Crippen molar-refractivity contribution in [1.29, 1.82) is 0 Å². The molecule has 2 aromatic rings. The molecule has 2 amide bonds. The fraction of sp³-hybridized carbons (Fsp3) is 0.500. The van der Waals surface area contributed by atoms with Crippen LogP contribution in [-0.2, 0) is 18.3 Å². The van der Waals surface area contributed by atoms with Crippen LogP contribution < -0.4 is 10.6 Å². The molecule has 0 bridgehead atoms. The van der Waals surface area contributed by atoms with E-state index in [-0.39, 0.29) is 17.7 Å². The molecule has 2 aromatic heterocycles. The maximum atomic E-state index is 12.3. The van der Waals surface area contributed by atoms with E-state index in [0.29, 0.717) is 24.5 Å². The minimum atomic E-state index is -0.264. The molecule has 3 rings (SSSR count). The van der Waals surface area contributed by atoms with Gasteiger partial charge in [0, 0.05) is 32.0 Å². The highest BCUT2D eigenvalue weighted by Crippen LogP contribution is 2.25. The molecular weight excluding hydrogens is 320 g/mol. The van der Waals surface area contributed by atoms with Crippen LogP contribution in [0, 0.1) is 5.92 Å². The molecule has 1 saturated carbocycles. The average Bonchev–Trinajstić information content (AvgIpc) is 3.26. The van der Waals surface area contributed by atoms with E-state index in [9.17, 15) is 9.59 Å². The lowest BCUT2D eigenvalue weighted by molar-refractivity contribution is -0.120. The van der Waals surface area contributed by atoms with Crippen molar-refractivity contribution >= 4 is 17.6 Å². The highest BCUT2D eigenvalue weighted by Gasteiger charge is 2.22. The van der Waals surface area contributed by atoms with Gasteiger partial charge in [0.1, 0.15) is 11.6 Å². The summed E-state index contributed by atoms with van der Waals surface area (Å²) in [6, 6.07) is 5.30. The molecule has 0 spiro atoms. The van der Waals surface area contributed by atoms with Crippen LogP contribution in [0.3, 0.4) is 0 Å². The molecular formula is C18H24N4O3. The molecule has 0 aromatic carbocycles. The predicted molar refractivity (Wildman–Crippen MR) is 93.2 cm³/mol. The lowest BCUT2D eigenvalue weighted by atomic mass is 9.89. The number of furan rings is 1. The number of aryl methyl sites for hydroxylation is 1. The summed E-state index contributed by atoms with van der Waals surface area (Å²) in [7, 11) is 1.72. The van der Waals surface area contributed by atoms with Gasteiger partial charge in [0.25, 0.3) is 5.91 Å². The number of nitrogens with one attached hydrogen (secondary N) is 2. The molecule has 7 heteroatoms. The van der Waals surface area contributed by atoms with E-state index in [1.807, 2.05) is 12.1 Å². The van der Waals surface area contributed by atoms with Gasteiger partial charge in [0.15, 0.2) is 5.69 Å². The molecule has 1 aliphatic carbocycles. The highest BCUT2D eigenvalue weighted by molar-refractivity contribution is 5.96. The van der Waals surface area contributed by atoms with Gasteiger partial charge in [-0.15, -0.1) is 0 Å².